The number of benzene rings is 1. The maximum atomic E-state index is 12.0. The smallest absolute Gasteiger partial charge is 0.238 e. The largest absolute Gasteiger partial charge is 0.355 e. The number of primary sulfonamides is 1. The van der Waals surface area contributed by atoms with Gasteiger partial charge in [0.05, 0.1) is 21.9 Å². The van der Waals surface area contributed by atoms with Crippen LogP contribution in [0.5, 0.6) is 0 Å². The zero-order chi connectivity index (χ0) is 18.6. The van der Waals surface area contributed by atoms with Crippen molar-refractivity contribution in [2.24, 2.45) is 5.14 Å². The minimum atomic E-state index is -3.69. The molecule has 0 spiro atoms. The number of thiophene rings is 1. The Morgan fingerprint density at radius 1 is 1.23 bits per heavy atom. The van der Waals surface area contributed by atoms with Gasteiger partial charge in [0.15, 0.2) is 5.76 Å². The van der Waals surface area contributed by atoms with Gasteiger partial charge in [-0.3, -0.25) is 4.79 Å². The first-order valence-corrected chi connectivity index (χ1v) is 10.2. The highest BCUT2D eigenvalue weighted by Gasteiger charge is 2.11. The fourth-order valence-electron chi connectivity index (χ4n) is 2.35. The van der Waals surface area contributed by atoms with Gasteiger partial charge in [0.25, 0.3) is 0 Å². The second-order valence-corrected chi connectivity index (χ2v) is 8.13. The molecule has 0 bridgehead atoms. The molecule has 3 aromatic rings. The van der Waals surface area contributed by atoms with E-state index in [9.17, 15) is 13.2 Å². The van der Waals surface area contributed by atoms with Crippen molar-refractivity contribution >= 4 is 27.3 Å². The number of aromatic nitrogens is 1. The molecule has 1 amide bonds. The van der Waals surface area contributed by atoms with Crippen molar-refractivity contribution in [2.45, 2.75) is 17.7 Å². The van der Waals surface area contributed by atoms with E-state index in [0.717, 1.165) is 10.4 Å². The Kier molecular flexibility index (Phi) is 5.50. The normalized spacial score (nSPS) is 11.4. The summed E-state index contributed by atoms with van der Waals surface area (Å²) in [5.41, 5.74) is 1.47. The molecule has 1 aromatic carbocycles. The highest BCUT2D eigenvalue weighted by atomic mass is 32.2. The van der Waals surface area contributed by atoms with Crippen LogP contribution in [0.15, 0.2) is 57.3 Å². The van der Waals surface area contributed by atoms with Crippen LogP contribution in [0.1, 0.15) is 11.3 Å². The van der Waals surface area contributed by atoms with Crippen LogP contribution in [0.3, 0.4) is 0 Å². The van der Waals surface area contributed by atoms with Crippen LogP contribution in [-0.2, 0) is 27.7 Å². The zero-order valence-corrected chi connectivity index (χ0v) is 15.3. The average Bonchev–Trinajstić information content (AvgIpc) is 3.25. The quantitative estimate of drug-likeness (QED) is 0.639. The highest BCUT2D eigenvalue weighted by molar-refractivity contribution is 7.89. The van der Waals surface area contributed by atoms with Crippen LogP contribution in [0.4, 0.5) is 0 Å². The van der Waals surface area contributed by atoms with E-state index in [0.29, 0.717) is 24.4 Å². The Morgan fingerprint density at radius 2 is 2.00 bits per heavy atom. The summed E-state index contributed by atoms with van der Waals surface area (Å²) < 4.78 is 27.7. The predicted molar refractivity (Wildman–Crippen MR) is 98.0 cm³/mol. The molecule has 0 saturated carbocycles. The summed E-state index contributed by atoms with van der Waals surface area (Å²) in [5, 5.41) is 13.7. The molecule has 0 aliphatic rings. The van der Waals surface area contributed by atoms with Gasteiger partial charge in [-0.05, 0) is 35.6 Å². The molecule has 136 valence electrons. The fraction of sp³-hybridized carbons (Fsp3) is 0.176. The summed E-state index contributed by atoms with van der Waals surface area (Å²) in [6.07, 6.45) is 0.717. The second-order valence-electron chi connectivity index (χ2n) is 5.63. The third-order valence-electron chi connectivity index (χ3n) is 3.65. The lowest BCUT2D eigenvalue weighted by Gasteiger charge is -2.05. The topological polar surface area (TPSA) is 115 Å². The van der Waals surface area contributed by atoms with Crippen LogP contribution in [0.2, 0.25) is 0 Å². The lowest BCUT2D eigenvalue weighted by Crippen LogP contribution is -2.27. The SMILES string of the molecule is NS(=O)(=O)c1ccc(CCNC(=O)Cc2cc(-c3cccs3)on2)cc1. The molecule has 0 atom stereocenters. The third kappa shape index (κ3) is 4.78. The van der Waals surface area contributed by atoms with E-state index < -0.39 is 10.0 Å². The molecule has 3 rings (SSSR count). The first-order chi connectivity index (χ1) is 12.4. The molecular formula is C17H17N3O4S2. The number of hydrogen-bond donors (Lipinski definition) is 2. The van der Waals surface area contributed by atoms with E-state index in [4.69, 9.17) is 9.66 Å². The van der Waals surface area contributed by atoms with E-state index in [1.807, 2.05) is 17.5 Å². The number of carbonyl (C=O) groups is 1. The van der Waals surface area contributed by atoms with E-state index in [-0.39, 0.29) is 17.2 Å². The van der Waals surface area contributed by atoms with Crippen molar-refractivity contribution < 1.29 is 17.7 Å². The van der Waals surface area contributed by atoms with Gasteiger partial charge in [0.2, 0.25) is 15.9 Å². The minimum absolute atomic E-state index is 0.0675. The second kappa shape index (κ2) is 7.81. The Bertz CT molecular complexity index is 977. The van der Waals surface area contributed by atoms with Gasteiger partial charge in [0.1, 0.15) is 0 Å². The van der Waals surface area contributed by atoms with Crippen molar-refractivity contribution in [3.05, 3.63) is 59.1 Å². The van der Waals surface area contributed by atoms with Crippen LogP contribution < -0.4 is 10.5 Å². The first-order valence-electron chi connectivity index (χ1n) is 7.80. The van der Waals surface area contributed by atoms with E-state index in [2.05, 4.69) is 10.5 Å². The van der Waals surface area contributed by atoms with Gasteiger partial charge in [-0.2, -0.15) is 0 Å². The number of nitrogens with zero attached hydrogens (tertiary/aromatic N) is 1. The van der Waals surface area contributed by atoms with Gasteiger partial charge < -0.3 is 9.84 Å². The summed E-state index contributed by atoms with van der Waals surface area (Å²) in [4.78, 5) is 13.0. The van der Waals surface area contributed by atoms with Gasteiger partial charge in [-0.15, -0.1) is 11.3 Å². The van der Waals surface area contributed by atoms with Crippen molar-refractivity contribution in [1.29, 1.82) is 0 Å². The summed E-state index contributed by atoms with van der Waals surface area (Å²) in [7, 11) is -3.69. The number of rotatable bonds is 7. The maximum absolute atomic E-state index is 12.0. The van der Waals surface area contributed by atoms with Gasteiger partial charge in [-0.25, -0.2) is 13.6 Å². The van der Waals surface area contributed by atoms with Crippen LogP contribution in [-0.4, -0.2) is 26.0 Å². The molecule has 7 nitrogen and oxygen atoms in total. The molecule has 9 heteroatoms. The molecule has 2 aromatic heterocycles. The number of nitrogens with one attached hydrogen (secondary N) is 1. The molecule has 0 unspecified atom stereocenters. The fourth-order valence-corrected chi connectivity index (χ4v) is 3.54. The summed E-state index contributed by atoms with van der Waals surface area (Å²) in [5.74, 6) is 0.495. The molecule has 0 radical (unpaired) electrons. The predicted octanol–water partition coefficient (Wildman–Crippen LogP) is 1.95. The van der Waals surface area contributed by atoms with Gasteiger partial charge >= 0.3 is 0 Å². The van der Waals surface area contributed by atoms with Crippen LogP contribution in [0.25, 0.3) is 10.6 Å². The number of hydrogen-bond acceptors (Lipinski definition) is 6. The highest BCUT2D eigenvalue weighted by Crippen LogP contribution is 2.25. The Hall–Kier alpha value is -2.49. The molecular weight excluding hydrogens is 374 g/mol. The minimum Gasteiger partial charge on any atom is -0.355 e. The number of sulfonamides is 1. The molecule has 2 heterocycles. The summed E-state index contributed by atoms with van der Waals surface area (Å²) >= 11 is 1.54. The van der Waals surface area contributed by atoms with Gasteiger partial charge in [-0.1, -0.05) is 23.4 Å². The van der Waals surface area contributed by atoms with Crippen molar-refractivity contribution in [3.8, 4) is 10.6 Å². The number of nitrogens with two attached hydrogens (primary N) is 1. The van der Waals surface area contributed by atoms with E-state index in [1.54, 1.807) is 29.5 Å². The monoisotopic (exact) mass is 391 g/mol. The Morgan fingerprint density at radius 3 is 2.65 bits per heavy atom. The van der Waals surface area contributed by atoms with Crippen molar-refractivity contribution in [1.82, 2.24) is 10.5 Å². The van der Waals surface area contributed by atoms with E-state index >= 15 is 0 Å². The standard InChI is InChI=1S/C17H17N3O4S2/c18-26(22,23)14-5-3-12(4-6-14)7-8-19-17(21)11-13-10-15(24-20-13)16-2-1-9-25-16/h1-6,9-10H,7-8,11H2,(H,19,21)(H2,18,22,23). The summed E-state index contributed by atoms with van der Waals surface area (Å²) in [6.45, 7) is 0.434. The zero-order valence-electron chi connectivity index (χ0n) is 13.7. The molecule has 0 aliphatic carbocycles. The summed E-state index contributed by atoms with van der Waals surface area (Å²) in [6, 6.07) is 11.9. The number of amides is 1. The molecule has 0 fully saturated rings. The molecule has 26 heavy (non-hydrogen) atoms. The molecule has 0 aliphatic heterocycles. The maximum Gasteiger partial charge on any atom is 0.238 e. The Balaban J connectivity index is 1.47. The molecule has 3 N–H and O–H groups in total. The van der Waals surface area contributed by atoms with Crippen molar-refractivity contribution in [2.75, 3.05) is 6.54 Å². The third-order valence-corrected chi connectivity index (χ3v) is 5.47. The average molecular weight is 391 g/mol. The first kappa shape index (κ1) is 18.3. The number of carbonyl (C=O) groups excluding carboxylic acids is 1. The molecule has 0 saturated heterocycles. The van der Waals surface area contributed by atoms with Crippen LogP contribution in [0, 0.1) is 0 Å². The lowest BCUT2D eigenvalue weighted by molar-refractivity contribution is -0.120. The Labute approximate surface area is 154 Å². The van der Waals surface area contributed by atoms with Crippen molar-refractivity contribution in [3.63, 3.8) is 0 Å². The van der Waals surface area contributed by atoms with Gasteiger partial charge in [0, 0.05) is 12.6 Å². The van der Waals surface area contributed by atoms with E-state index in [1.165, 1.54) is 12.1 Å². The van der Waals surface area contributed by atoms with Crippen LogP contribution >= 0.6 is 11.3 Å². The lowest BCUT2D eigenvalue weighted by atomic mass is 10.1.